The number of hydrogen-bond acceptors (Lipinski definition) is 4. The summed E-state index contributed by atoms with van der Waals surface area (Å²) in [6.07, 6.45) is 19.1. The van der Waals surface area contributed by atoms with Crippen LogP contribution >= 0.6 is 0 Å². The zero-order valence-corrected chi connectivity index (χ0v) is 23.3. The lowest BCUT2D eigenvalue weighted by atomic mass is 9.95. The smallest absolute Gasteiger partial charge is 0.294 e. The van der Waals surface area contributed by atoms with E-state index < -0.39 is 16.2 Å². The minimum Gasteiger partial charge on any atom is -0.368 e. The zero-order valence-electron chi connectivity index (χ0n) is 22.5. The third-order valence-corrected chi connectivity index (χ3v) is 7.99. The molecule has 1 saturated heterocycles. The molecule has 2 rings (SSSR count). The minimum atomic E-state index is -4.39. The van der Waals surface area contributed by atoms with Crippen LogP contribution in [0.25, 0.3) is 0 Å². The topological polar surface area (TPSA) is 92.7 Å². The average molecular weight is 522 g/mol. The molecule has 0 aromatic heterocycles. The second kappa shape index (κ2) is 16.2. The van der Waals surface area contributed by atoms with Gasteiger partial charge >= 0.3 is 0 Å². The second-order valence-electron chi connectivity index (χ2n) is 10.2. The second-order valence-corrected chi connectivity index (χ2v) is 11.6. The summed E-state index contributed by atoms with van der Waals surface area (Å²) in [5.41, 5.74) is 1.24. The van der Waals surface area contributed by atoms with Crippen LogP contribution in [0.15, 0.2) is 35.2 Å². The van der Waals surface area contributed by atoms with Crippen molar-refractivity contribution in [1.29, 1.82) is 0 Å². The van der Waals surface area contributed by atoms with Crippen LogP contribution in [0.5, 0.6) is 0 Å². The summed E-state index contributed by atoms with van der Waals surface area (Å²) in [6, 6.07) is 4.73. The third kappa shape index (κ3) is 10.7. The van der Waals surface area contributed by atoms with Crippen LogP contribution in [-0.4, -0.2) is 31.5 Å². The number of hydrogen-bond donors (Lipinski definition) is 2. The van der Waals surface area contributed by atoms with Crippen LogP contribution in [-0.2, 0) is 19.6 Å². The van der Waals surface area contributed by atoms with Crippen molar-refractivity contribution >= 4 is 16.0 Å². The molecule has 1 amide bonds. The average Bonchev–Trinajstić information content (AvgIpc) is 2.96. The predicted molar refractivity (Wildman–Crippen MR) is 146 cm³/mol. The maximum Gasteiger partial charge on any atom is 0.294 e. The number of carbonyl (C=O) groups is 1. The molecule has 6 nitrogen and oxygen atoms in total. The number of allylic oxidation sites excluding steroid dienone is 2. The molecule has 1 fully saturated rings. The highest BCUT2D eigenvalue weighted by Crippen LogP contribution is 2.31. The molecule has 7 heteroatoms. The summed E-state index contributed by atoms with van der Waals surface area (Å²) < 4.78 is 39.6. The Morgan fingerprint density at radius 3 is 2.25 bits per heavy atom. The van der Waals surface area contributed by atoms with Crippen molar-refractivity contribution in [1.82, 2.24) is 5.32 Å². The molecule has 36 heavy (non-hydrogen) atoms. The first-order chi connectivity index (χ1) is 17.2. The number of benzene rings is 1. The van der Waals surface area contributed by atoms with Gasteiger partial charge in [-0.1, -0.05) is 88.1 Å². The largest absolute Gasteiger partial charge is 0.368 e. The monoisotopic (exact) mass is 521 g/mol. The molecule has 3 unspecified atom stereocenters. The first kappa shape index (κ1) is 30.5. The fourth-order valence-electron chi connectivity index (χ4n) is 4.90. The molecule has 0 radical (unpaired) electrons. The number of nitrogens with one attached hydrogen (secondary N) is 1. The Balaban J connectivity index is 1.72. The van der Waals surface area contributed by atoms with E-state index in [1.54, 1.807) is 12.1 Å². The summed E-state index contributed by atoms with van der Waals surface area (Å²) in [5, 5.41) is 2.92. The molecule has 1 aliphatic heterocycles. The zero-order chi connectivity index (χ0) is 26.4. The first-order valence-corrected chi connectivity index (χ1v) is 15.3. The van der Waals surface area contributed by atoms with Gasteiger partial charge in [-0.2, -0.15) is 8.42 Å². The molecule has 1 aromatic carbocycles. The van der Waals surface area contributed by atoms with Crippen LogP contribution < -0.4 is 5.32 Å². The molecule has 0 aliphatic carbocycles. The summed E-state index contributed by atoms with van der Waals surface area (Å²) in [6.45, 7) is 6.15. The van der Waals surface area contributed by atoms with Crippen molar-refractivity contribution in [2.75, 3.05) is 6.54 Å². The molecule has 0 saturated carbocycles. The number of ether oxygens (including phenoxy) is 1. The van der Waals surface area contributed by atoms with Crippen molar-refractivity contribution in [2.45, 2.75) is 121 Å². The predicted octanol–water partition coefficient (Wildman–Crippen LogP) is 7.08. The minimum absolute atomic E-state index is 0.0521. The van der Waals surface area contributed by atoms with Crippen LogP contribution in [0.4, 0.5) is 0 Å². The van der Waals surface area contributed by atoms with Gasteiger partial charge in [-0.05, 0) is 52.0 Å². The van der Waals surface area contributed by atoms with Crippen LogP contribution in [0.3, 0.4) is 0 Å². The van der Waals surface area contributed by atoms with E-state index >= 15 is 0 Å². The van der Waals surface area contributed by atoms with Crippen LogP contribution in [0.1, 0.15) is 115 Å². The van der Waals surface area contributed by atoms with E-state index in [0.717, 1.165) is 37.7 Å². The van der Waals surface area contributed by atoms with Crippen molar-refractivity contribution < 1.29 is 22.5 Å². The molecular weight excluding hydrogens is 474 g/mol. The molecule has 3 atom stereocenters. The molecule has 1 heterocycles. The molecule has 2 N–H and O–H groups in total. The standard InChI is InChI=1S/C29H47NO5S/c1-4-5-6-7-8-9-10-11-12-13-14-15-16-17-18-25-24(3)35-27(22-30-29(25)31)26-21-23(2)19-20-28(26)36(32,33)34/h11-12,19-21,24-25,27H,4-10,13-18,22H2,1-3H3,(H,30,31)(H,32,33,34)/b12-11-. The van der Waals surface area contributed by atoms with Gasteiger partial charge in [-0.3, -0.25) is 9.35 Å². The summed E-state index contributed by atoms with van der Waals surface area (Å²) in [4.78, 5) is 12.6. The number of unbranched alkanes of at least 4 members (excludes halogenated alkanes) is 10. The normalized spacial score (nSPS) is 21.0. The Hall–Kier alpha value is -1.70. The molecular formula is C29H47NO5S. The van der Waals surface area contributed by atoms with Crippen LogP contribution in [0, 0.1) is 12.8 Å². The van der Waals surface area contributed by atoms with Gasteiger partial charge in [0.05, 0.1) is 16.9 Å². The van der Waals surface area contributed by atoms with Gasteiger partial charge in [0.25, 0.3) is 10.1 Å². The fourth-order valence-corrected chi connectivity index (χ4v) is 5.63. The van der Waals surface area contributed by atoms with Gasteiger partial charge in [0.15, 0.2) is 0 Å². The Morgan fingerprint density at radius 1 is 1.00 bits per heavy atom. The highest BCUT2D eigenvalue weighted by Gasteiger charge is 2.34. The summed E-state index contributed by atoms with van der Waals surface area (Å²) >= 11 is 0. The number of carbonyl (C=O) groups excluding carboxylic acids is 1. The Morgan fingerprint density at radius 2 is 1.61 bits per heavy atom. The van der Waals surface area contributed by atoms with E-state index in [0.29, 0.717) is 5.56 Å². The molecule has 1 aromatic rings. The van der Waals surface area contributed by atoms with E-state index in [2.05, 4.69) is 24.4 Å². The van der Waals surface area contributed by atoms with Crippen molar-refractivity contribution in [2.24, 2.45) is 5.92 Å². The van der Waals surface area contributed by atoms with Gasteiger partial charge in [0.1, 0.15) is 6.10 Å². The van der Waals surface area contributed by atoms with E-state index in [1.807, 2.05) is 13.8 Å². The number of aryl methyl sites for hydroxylation is 1. The van der Waals surface area contributed by atoms with Gasteiger partial charge in [0.2, 0.25) is 5.91 Å². The lowest BCUT2D eigenvalue weighted by Gasteiger charge is -2.24. The SMILES string of the molecule is CCCCCCCC/C=C\CCCCCCC1C(=O)NCC(c2cc(C)ccc2S(=O)(=O)O)OC1C. The number of amides is 1. The molecule has 0 bridgehead atoms. The van der Waals surface area contributed by atoms with Gasteiger partial charge < -0.3 is 10.1 Å². The maximum absolute atomic E-state index is 12.7. The quantitative estimate of drug-likeness (QED) is 0.138. The Bertz CT molecular complexity index is 928. The van der Waals surface area contributed by atoms with Crippen molar-refractivity contribution in [3.05, 3.63) is 41.5 Å². The van der Waals surface area contributed by atoms with Crippen molar-refractivity contribution in [3.63, 3.8) is 0 Å². The van der Waals surface area contributed by atoms with E-state index in [-0.39, 0.29) is 29.4 Å². The van der Waals surface area contributed by atoms with Gasteiger partial charge in [-0.15, -0.1) is 0 Å². The van der Waals surface area contributed by atoms with Crippen molar-refractivity contribution in [3.8, 4) is 0 Å². The molecule has 0 spiro atoms. The fraction of sp³-hybridized carbons (Fsp3) is 0.690. The van der Waals surface area contributed by atoms with Gasteiger partial charge in [-0.25, -0.2) is 0 Å². The summed E-state index contributed by atoms with van der Waals surface area (Å²) in [5.74, 6) is -0.324. The van der Waals surface area contributed by atoms with Crippen LogP contribution in [0.2, 0.25) is 0 Å². The third-order valence-electron chi connectivity index (χ3n) is 7.06. The number of rotatable bonds is 16. The lowest BCUT2D eigenvalue weighted by molar-refractivity contribution is -0.127. The highest BCUT2D eigenvalue weighted by molar-refractivity contribution is 7.85. The Labute approximate surface area is 219 Å². The molecule has 1 aliphatic rings. The van der Waals surface area contributed by atoms with E-state index in [4.69, 9.17) is 4.74 Å². The summed E-state index contributed by atoms with van der Waals surface area (Å²) in [7, 11) is -4.39. The lowest BCUT2D eigenvalue weighted by Crippen LogP contribution is -2.33. The van der Waals surface area contributed by atoms with E-state index in [9.17, 15) is 17.8 Å². The van der Waals surface area contributed by atoms with E-state index in [1.165, 1.54) is 57.4 Å². The van der Waals surface area contributed by atoms with Gasteiger partial charge in [0, 0.05) is 12.1 Å². The Kier molecular flexibility index (Phi) is 13.7. The first-order valence-electron chi connectivity index (χ1n) is 13.9. The highest BCUT2D eigenvalue weighted by atomic mass is 32.2. The maximum atomic E-state index is 12.7. The molecule has 204 valence electrons.